The fourth-order valence-electron chi connectivity index (χ4n) is 4.58. The highest BCUT2D eigenvalue weighted by atomic mass is 32.2. The highest BCUT2D eigenvalue weighted by Crippen LogP contribution is 2.61. The lowest BCUT2D eigenvalue weighted by Gasteiger charge is -2.30. The van der Waals surface area contributed by atoms with Gasteiger partial charge in [0.05, 0.1) is 19.5 Å². The lowest BCUT2D eigenvalue weighted by Crippen LogP contribution is -2.46. The third-order valence-corrected chi connectivity index (χ3v) is 11.7. The van der Waals surface area contributed by atoms with Gasteiger partial charge in [-0.3, -0.25) is 27.7 Å². The zero-order chi connectivity index (χ0) is 40.5. The Labute approximate surface area is 313 Å². The van der Waals surface area contributed by atoms with Crippen LogP contribution in [0.1, 0.15) is 46.8 Å². The number of carbonyl (C=O) groups excluding carboxylic acids is 2. The molecule has 306 valence electrons. The number of phosphoric ester groups is 3. The minimum atomic E-state index is -5.55. The zero-order valence-electron chi connectivity index (χ0n) is 29.6. The zero-order valence-corrected chi connectivity index (χ0v) is 33.1. The summed E-state index contributed by atoms with van der Waals surface area (Å²) < 4.78 is 62.1. The smallest absolute Gasteiger partial charge is 0.386 e. The molecule has 1 aliphatic heterocycles. The molecule has 3 heterocycles. The van der Waals surface area contributed by atoms with E-state index < -0.39 is 78.6 Å². The number of nitrogen functional groups attached to an aromatic ring is 1. The van der Waals surface area contributed by atoms with Crippen LogP contribution in [0.5, 0.6) is 0 Å². The number of carbonyl (C=O) groups is 2. The third-order valence-electron chi connectivity index (χ3n) is 7.77. The Morgan fingerprint density at radius 2 is 1.80 bits per heavy atom. The summed E-state index contributed by atoms with van der Waals surface area (Å²) in [5.74, 6) is -0.186. The number of thioether (sulfide) groups is 1. The lowest BCUT2D eigenvalue weighted by atomic mass is 9.87. The number of phosphoric acid groups is 3. The number of rotatable bonds is 22. The minimum absolute atomic E-state index is 0.0351. The first-order valence-electron chi connectivity index (χ1n) is 16.2. The number of ether oxygens (including phenoxy) is 1. The normalized spacial score (nSPS) is 22.9. The summed E-state index contributed by atoms with van der Waals surface area (Å²) in [5, 5.41) is 28.5. The molecule has 10 N–H and O–H groups in total. The Morgan fingerprint density at radius 1 is 1.11 bits per heavy atom. The first-order valence-corrected chi connectivity index (χ1v) is 21.8. The van der Waals surface area contributed by atoms with Crippen LogP contribution < -0.4 is 16.4 Å². The minimum Gasteiger partial charge on any atom is -0.386 e. The Kier molecular flexibility index (Phi) is 16.8. The molecule has 4 unspecified atom stereocenters. The van der Waals surface area contributed by atoms with Crippen LogP contribution in [0.4, 0.5) is 5.82 Å². The Balaban J connectivity index is 1.50. The molecule has 0 spiro atoms. The van der Waals surface area contributed by atoms with E-state index in [9.17, 15) is 53.1 Å². The molecule has 0 bridgehead atoms. The average Bonchev–Trinajstić information content (AvgIpc) is 3.64. The highest BCUT2D eigenvalue weighted by Gasteiger charge is 2.50. The van der Waals surface area contributed by atoms with Crippen molar-refractivity contribution in [3.63, 3.8) is 0 Å². The van der Waals surface area contributed by atoms with Gasteiger partial charge in [-0.2, -0.15) is 4.31 Å². The van der Waals surface area contributed by atoms with Gasteiger partial charge in [0.15, 0.2) is 17.7 Å². The van der Waals surface area contributed by atoms with E-state index in [1.54, 1.807) is 11.8 Å². The van der Waals surface area contributed by atoms with Gasteiger partial charge in [0.25, 0.3) is 0 Å². The first kappa shape index (κ1) is 46.0. The SMILES string of the molecule is CCC(C)C=CSCCNC(=O)CCNC(=O)C(O)C(C)(C)COP(=O)(O)OP(=O)(O)OC[C@H]1O[C@@H](n2cnc3c(N)ncnc32)[C@H](O)[C@@H]1OP(=O)(O)O. The van der Waals surface area contributed by atoms with E-state index in [1.165, 1.54) is 13.8 Å². The maximum absolute atomic E-state index is 12.7. The topological polar surface area (TPSA) is 347 Å². The first-order chi connectivity index (χ1) is 25.1. The number of aromatic nitrogens is 4. The summed E-state index contributed by atoms with van der Waals surface area (Å²) in [7, 11) is -16.3. The number of hydrogen-bond donors (Lipinski definition) is 9. The van der Waals surface area contributed by atoms with Crippen molar-refractivity contribution in [2.45, 2.75) is 71.2 Å². The second kappa shape index (κ2) is 19.7. The number of amides is 2. The van der Waals surface area contributed by atoms with E-state index in [0.717, 1.165) is 23.6 Å². The number of nitrogens with zero attached hydrogens (tertiary/aromatic N) is 4. The van der Waals surface area contributed by atoms with Gasteiger partial charge >= 0.3 is 23.5 Å². The van der Waals surface area contributed by atoms with Gasteiger partial charge in [0.1, 0.15) is 36.3 Å². The van der Waals surface area contributed by atoms with Crippen LogP contribution in [-0.4, -0.2) is 118 Å². The van der Waals surface area contributed by atoms with E-state index in [0.29, 0.717) is 18.2 Å². The maximum Gasteiger partial charge on any atom is 0.481 e. The maximum atomic E-state index is 12.7. The highest BCUT2D eigenvalue weighted by molar-refractivity contribution is 8.02. The summed E-state index contributed by atoms with van der Waals surface area (Å²) in [5.41, 5.74) is 4.31. The molecule has 27 heteroatoms. The molecular formula is C27H46N7O16P3S. The molecule has 54 heavy (non-hydrogen) atoms. The van der Waals surface area contributed by atoms with E-state index in [1.807, 2.05) is 5.41 Å². The van der Waals surface area contributed by atoms with Crippen LogP contribution in [0.3, 0.4) is 0 Å². The number of anilines is 1. The van der Waals surface area contributed by atoms with E-state index in [4.69, 9.17) is 19.5 Å². The van der Waals surface area contributed by atoms with Gasteiger partial charge in [-0.15, -0.1) is 11.8 Å². The molecule has 1 saturated heterocycles. The predicted molar refractivity (Wildman–Crippen MR) is 191 cm³/mol. The molecule has 3 rings (SSSR count). The molecule has 1 fully saturated rings. The summed E-state index contributed by atoms with van der Waals surface area (Å²) in [6.45, 7) is 5.03. The Bertz CT molecular complexity index is 1760. The van der Waals surface area contributed by atoms with Crippen molar-refractivity contribution in [3.8, 4) is 0 Å². The number of hydrogen-bond acceptors (Lipinski definition) is 17. The van der Waals surface area contributed by atoms with E-state index in [-0.39, 0.29) is 35.9 Å². The second-order valence-electron chi connectivity index (χ2n) is 12.7. The van der Waals surface area contributed by atoms with Crippen molar-refractivity contribution in [2.75, 3.05) is 37.8 Å². The molecule has 2 aromatic heterocycles. The monoisotopic (exact) mass is 849 g/mol. The molecule has 2 amide bonds. The van der Waals surface area contributed by atoms with E-state index in [2.05, 4.69) is 54.3 Å². The molecule has 1 aliphatic rings. The van der Waals surface area contributed by atoms with Gasteiger partial charge in [-0.05, 0) is 11.3 Å². The standard InChI is InChI=1S/C27H46N7O16P3S/c1-5-16(2)7-10-54-11-9-29-18(35)6-8-30-25(38)22(37)27(3,4)13-47-53(44,45)50-52(42,43)46-12-17-21(49-51(39,40)41)20(36)26(48-17)34-15-33-19-23(28)31-14-32-24(19)34/h7,10,14-17,20-22,26,36-37H,5-6,8-9,11-13H2,1-4H3,(H,29,35)(H,30,38)(H,42,43)(H,44,45)(H2,28,31,32)(H2,39,40,41)/t16?,17-,20-,21-,22?,26-/m1/s1. The van der Waals surface area contributed by atoms with Crippen molar-refractivity contribution < 1.29 is 75.7 Å². The molecule has 0 aromatic carbocycles. The van der Waals surface area contributed by atoms with Crippen LogP contribution in [0.2, 0.25) is 0 Å². The largest absolute Gasteiger partial charge is 0.481 e. The van der Waals surface area contributed by atoms with Crippen LogP contribution in [0.15, 0.2) is 24.1 Å². The molecule has 23 nitrogen and oxygen atoms in total. The van der Waals surface area contributed by atoms with Gasteiger partial charge in [-0.1, -0.05) is 40.2 Å². The van der Waals surface area contributed by atoms with Crippen molar-refractivity contribution in [2.24, 2.45) is 11.3 Å². The fourth-order valence-corrected chi connectivity index (χ4v) is 8.15. The number of aliphatic hydroxyl groups excluding tert-OH is 2. The van der Waals surface area contributed by atoms with Crippen LogP contribution in [0, 0.1) is 11.3 Å². The number of nitrogens with one attached hydrogen (secondary N) is 2. The predicted octanol–water partition coefficient (Wildman–Crippen LogP) is 0.698. The second-order valence-corrected chi connectivity index (χ2v) is 17.9. The molecule has 2 aromatic rings. The number of fused-ring (bicyclic) bond motifs is 1. The van der Waals surface area contributed by atoms with Gasteiger partial charge in [0.2, 0.25) is 11.8 Å². The molecule has 0 saturated carbocycles. The quantitative estimate of drug-likeness (QED) is 0.0581. The summed E-state index contributed by atoms with van der Waals surface area (Å²) in [6, 6.07) is 0. The van der Waals surface area contributed by atoms with E-state index >= 15 is 0 Å². The summed E-state index contributed by atoms with van der Waals surface area (Å²) >= 11 is 1.55. The van der Waals surface area contributed by atoms with Crippen molar-refractivity contribution in [1.82, 2.24) is 30.2 Å². The molecular weight excluding hydrogens is 803 g/mol. The third kappa shape index (κ3) is 14.0. The average molecular weight is 850 g/mol. The lowest BCUT2D eigenvalue weighted by molar-refractivity contribution is -0.137. The number of aliphatic hydroxyl groups is 2. The van der Waals surface area contributed by atoms with Crippen LogP contribution in [-0.2, 0) is 45.9 Å². The molecule has 0 aliphatic carbocycles. The Morgan fingerprint density at radius 3 is 2.46 bits per heavy atom. The van der Waals surface area contributed by atoms with Gasteiger partial charge in [0, 0.05) is 30.7 Å². The van der Waals surface area contributed by atoms with Gasteiger partial charge in [-0.25, -0.2) is 28.6 Å². The van der Waals surface area contributed by atoms with Crippen molar-refractivity contribution in [3.05, 3.63) is 24.1 Å². The van der Waals surface area contributed by atoms with Crippen molar-refractivity contribution in [1.29, 1.82) is 0 Å². The van der Waals surface area contributed by atoms with Crippen LogP contribution >= 0.6 is 35.2 Å². The summed E-state index contributed by atoms with van der Waals surface area (Å²) in [4.78, 5) is 75.5. The Hall–Kier alpha value is -2.37. The molecule has 0 radical (unpaired) electrons. The number of nitrogens with two attached hydrogens (primary N) is 1. The molecule has 8 atom stereocenters. The summed E-state index contributed by atoms with van der Waals surface area (Å²) in [6.07, 6.45) is -3.63. The fraction of sp³-hybridized carbons (Fsp3) is 0.667. The van der Waals surface area contributed by atoms with Crippen molar-refractivity contribution >= 4 is 64.0 Å². The van der Waals surface area contributed by atoms with Gasteiger partial charge < -0.3 is 50.9 Å². The number of allylic oxidation sites excluding steroid dienone is 1. The van der Waals surface area contributed by atoms with Crippen LogP contribution in [0.25, 0.3) is 11.2 Å². The number of imidazole rings is 1.